The third-order valence-corrected chi connectivity index (χ3v) is 5.92. The van der Waals surface area contributed by atoms with Crippen LogP contribution in [0.2, 0.25) is 5.02 Å². The number of aliphatic imine (C=N–C) groups is 1. The van der Waals surface area contributed by atoms with E-state index in [1.807, 2.05) is 32.0 Å². The molecule has 2 N–H and O–H groups in total. The van der Waals surface area contributed by atoms with Gasteiger partial charge in [-0.2, -0.15) is 11.8 Å². The van der Waals surface area contributed by atoms with Crippen LogP contribution < -0.4 is 10.6 Å². The monoisotopic (exact) mass is 382 g/mol. The van der Waals surface area contributed by atoms with Gasteiger partial charge in [-0.15, -0.1) is 11.3 Å². The first kappa shape index (κ1) is 19.1. The van der Waals surface area contributed by atoms with Crippen LogP contribution in [0.15, 0.2) is 29.3 Å². The predicted octanol–water partition coefficient (Wildman–Crippen LogP) is 4.18. The van der Waals surface area contributed by atoms with Gasteiger partial charge in [-0.25, -0.2) is 4.98 Å². The van der Waals surface area contributed by atoms with Crippen molar-refractivity contribution in [3.63, 3.8) is 0 Å². The molecular weight excluding hydrogens is 360 g/mol. The summed E-state index contributed by atoms with van der Waals surface area (Å²) in [7, 11) is 1.79. The van der Waals surface area contributed by atoms with Crippen molar-refractivity contribution >= 4 is 40.7 Å². The first-order valence-electron chi connectivity index (χ1n) is 7.69. The fraction of sp³-hybridized carbons (Fsp3) is 0.412. The lowest BCUT2D eigenvalue weighted by Gasteiger charge is -2.18. The van der Waals surface area contributed by atoms with E-state index in [0.717, 1.165) is 34.8 Å². The fourth-order valence-corrected chi connectivity index (χ4v) is 4.10. The van der Waals surface area contributed by atoms with E-state index in [1.165, 1.54) is 10.4 Å². The minimum Gasteiger partial charge on any atom is -0.355 e. The van der Waals surface area contributed by atoms with E-state index < -0.39 is 0 Å². The van der Waals surface area contributed by atoms with Gasteiger partial charge in [-0.1, -0.05) is 23.7 Å². The molecule has 1 aromatic carbocycles. The number of thiazole rings is 1. The van der Waals surface area contributed by atoms with Crippen LogP contribution in [-0.2, 0) is 6.54 Å². The predicted molar refractivity (Wildman–Crippen MR) is 107 cm³/mol. The Labute approximate surface area is 157 Å². The van der Waals surface area contributed by atoms with Crippen LogP contribution >= 0.6 is 34.7 Å². The topological polar surface area (TPSA) is 49.3 Å². The summed E-state index contributed by atoms with van der Waals surface area (Å²) in [5.41, 5.74) is 2.30. The number of aryl methyl sites for hydroxylation is 2. The number of halogens is 1. The molecule has 0 radical (unpaired) electrons. The summed E-state index contributed by atoms with van der Waals surface area (Å²) < 4.78 is 0. The number of guanidine groups is 1. The number of nitrogens with zero attached hydrogens (tertiary/aromatic N) is 2. The van der Waals surface area contributed by atoms with E-state index in [-0.39, 0.29) is 0 Å². The maximum absolute atomic E-state index is 6.10. The van der Waals surface area contributed by atoms with Crippen molar-refractivity contribution in [3.05, 3.63) is 50.4 Å². The van der Waals surface area contributed by atoms with Crippen molar-refractivity contribution in [1.82, 2.24) is 15.6 Å². The van der Waals surface area contributed by atoms with Crippen molar-refractivity contribution in [3.8, 4) is 0 Å². The van der Waals surface area contributed by atoms with Gasteiger partial charge in [0.15, 0.2) is 5.96 Å². The summed E-state index contributed by atoms with van der Waals surface area (Å²) in [6, 6.07) is 8.01. The molecule has 1 heterocycles. The molecule has 0 fully saturated rings. The molecule has 1 atom stereocenters. The number of rotatable bonds is 6. The lowest BCUT2D eigenvalue weighted by Crippen LogP contribution is -2.38. The molecule has 2 aromatic rings. The number of hydrogen-bond donors (Lipinski definition) is 2. The fourth-order valence-electron chi connectivity index (χ4n) is 2.36. The third kappa shape index (κ3) is 5.40. The minimum atomic E-state index is 0.314. The molecule has 24 heavy (non-hydrogen) atoms. The van der Waals surface area contributed by atoms with Crippen LogP contribution in [-0.4, -0.2) is 30.8 Å². The SMILES string of the molecule is CN=C(NCc1sc(C)nc1C)NCC(SC)c1cccc(Cl)c1. The normalized spacial score (nSPS) is 13.0. The van der Waals surface area contributed by atoms with Crippen LogP contribution in [0, 0.1) is 13.8 Å². The van der Waals surface area contributed by atoms with Gasteiger partial charge in [-0.3, -0.25) is 4.99 Å². The lowest BCUT2D eigenvalue weighted by molar-refractivity contribution is 0.788. The highest BCUT2D eigenvalue weighted by Gasteiger charge is 2.12. The van der Waals surface area contributed by atoms with Gasteiger partial charge in [-0.05, 0) is 37.8 Å². The Hall–Kier alpha value is -1.24. The highest BCUT2D eigenvalue weighted by Crippen LogP contribution is 2.27. The highest BCUT2D eigenvalue weighted by atomic mass is 35.5. The Bertz CT molecular complexity index is 700. The van der Waals surface area contributed by atoms with Gasteiger partial charge in [0.1, 0.15) is 0 Å². The zero-order chi connectivity index (χ0) is 17.5. The van der Waals surface area contributed by atoms with Crippen molar-refractivity contribution < 1.29 is 0 Å². The Morgan fingerprint density at radius 1 is 1.38 bits per heavy atom. The number of nitrogens with one attached hydrogen (secondary N) is 2. The maximum atomic E-state index is 6.10. The van der Waals surface area contributed by atoms with Crippen LogP contribution in [0.4, 0.5) is 0 Å². The summed E-state index contributed by atoms with van der Waals surface area (Å²) >= 11 is 9.61. The molecule has 1 aromatic heterocycles. The van der Waals surface area contributed by atoms with Crippen LogP contribution in [0.1, 0.15) is 26.4 Å². The Balaban J connectivity index is 1.91. The second-order valence-corrected chi connectivity index (χ2v) is 8.09. The number of thioether (sulfide) groups is 1. The molecule has 0 bridgehead atoms. The van der Waals surface area contributed by atoms with E-state index in [1.54, 1.807) is 30.1 Å². The average molecular weight is 383 g/mol. The number of benzene rings is 1. The molecule has 130 valence electrons. The average Bonchev–Trinajstić information content (AvgIpc) is 2.88. The molecule has 4 nitrogen and oxygen atoms in total. The first-order chi connectivity index (χ1) is 11.5. The Kier molecular flexibility index (Phi) is 7.40. The molecule has 0 aliphatic heterocycles. The molecule has 0 spiro atoms. The van der Waals surface area contributed by atoms with Gasteiger partial charge >= 0.3 is 0 Å². The van der Waals surface area contributed by atoms with E-state index in [4.69, 9.17) is 11.6 Å². The highest BCUT2D eigenvalue weighted by molar-refractivity contribution is 7.98. The van der Waals surface area contributed by atoms with Gasteiger partial charge in [0.25, 0.3) is 0 Å². The Morgan fingerprint density at radius 2 is 2.17 bits per heavy atom. The van der Waals surface area contributed by atoms with Gasteiger partial charge in [0.2, 0.25) is 0 Å². The molecule has 2 rings (SSSR count). The van der Waals surface area contributed by atoms with E-state index >= 15 is 0 Å². The van der Waals surface area contributed by atoms with Crippen LogP contribution in [0.3, 0.4) is 0 Å². The van der Waals surface area contributed by atoms with E-state index in [9.17, 15) is 0 Å². The van der Waals surface area contributed by atoms with Gasteiger partial charge in [0, 0.05) is 28.7 Å². The summed E-state index contributed by atoms with van der Waals surface area (Å²) in [4.78, 5) is 10.00. The van der Waals surface area contributed by atoms with Gasteiger partial charge < -0.3 is 10.6 Å². The quantitative estimate of drug-likeness (QED) is 0.581. The zero-order valence-corrected chi connectivity index (χ0v) is 16.8. The molecule has 7 heteroatoms. The number of hydrogen-bond acceptors (Lipinski definition) is 4. The van der Waals surface area contributed by atoms with Crippen LogP contribution in [0.5, 0.6) is 0 Å². The Morgan fingerprint density at radius 3 is 2.75 bits per heavy atom. The molecule has 0 aliphatic carbocycles. The van der Waals surface area contributed by atoms with E-state index in [2.05, 4.69) is 32.9 Å². The third-order valence-electron chi connectivity index (χ3n) is 3.60. The van der Waals surface area contributed by atoms with Crippen molar-refractivity contribution in [2.75, 3.05) is 19.8 Å². The van der Waals surface area contributed by atoms with E-state index in [0.29, 0.717) is 5.25 Å². The van der Waals surface area contributed by atoms with Crippen LogP contribution in [0.25, 0.3) is 0 Å². The zero-order valence-electron chi connectivity index (χ0n) is 14.4. The minimum absolute atomic E-state index is 0.314. The molecular formula is C17H23ClN4S2. The second kappa shape index (κ2) is 9.30. The number of aromatic nitrogens is 1. The summed E-state index contributed by atoms with van der Waals surface area (Å²) in [6.07, 6.45) is 2.10. The summed E-state index contributed by atoms with van der Waals surface area (Å²) in [5.74, 6) is 0.793. The molecule has 0 aliphatic rings. The largest absolute Gasteiger partial charge is 0.355 e. The lowest BCUT2D eigenvalue weighted by atomic mass is 10.1. The first-order valence-corrected chi connectivity index (χ1v) is 10.2. The summed E-state index contributed by atoms with van der Waals surface area (Å²) in [6.45, 7) is 5.59. The molecule has 0 amide bonds. The molecule has 1 unspecified atom stereocenters. The van der Waals surface area contributed by atoms with Gasteiger partial charge in [0.05, 0.1) is 17.2 Å². The van der Waals surface area contributed by atoms with Crippen molar-refractivity contribution in [1.29, 1.82) is 0 Å². The standard InChI is InChI=1S/C17H23ClN4S2/c1-11-15(24-12(2)22-11)9-20-17(19-3)21-10-16(23-4)13-6-5-7-14(18)8-13/h5-8,16H,9-10H2,1-4H3,(H2,19,20,21). The smallest absolute Gasteiger partial charge is 0.191 e. The summed E-state index contributed by atoms with van der Waals surface area (Å²) in [5, 5.41) is 8.93. The molecule has 0 saturated heterocycles. The second-order valence-electron chi connectivity index (χ2n) is 5.33. The maximum Gasteiger partial charge on any atom is 0.191 e. The van der Waals surface area contributed by atoms with Crippen molar-refractivity contribution in [2.45, 2.75) is 25.6 Å². The van der Waals surface area contributed by atoms with Crippen molar-refractivity contribution in [2.24, 2.45) is 4.99 Å². The molecule has 0 saturated carbocycles.